The molecule has 0 radical (unpaired) electrons. The summed E-state index contributed by atoms with van der Waals surface area (Å²) < 4.78 is 0. The number of rotatable bonds is 5. The highest BCUT2D eigenvalue weighted by molar-refractivity contribution is 7.18. The third-order valence-corrected chi connectivity index (χ3v) is 3.59. The van der Waals surface area contributed by atoms with Gasteiger partial charge in [0.15, 0.2) is 0 Å². The normalized spacial score (nSPS) is 10.7. The number of fused-ring (bicyclic) bond motifs is 1. The molecule has 2 rings (SSSR count). The molecule has 0 aliphatic heterocycles. The Morgan fingerprint density at radius 2 is 2.26 bits per heavy atom. The van der Waals surface area contributed by atoms with Gasteiger partial charge in [0.25, 0.3) is 0 Å². The molecule has 2 aromatic rings. The zero-order valence-electron chi connectivity index (χ0n) is 10.8. The van der Waals surface area contributed by atoms with Crippen LogP contribution in [-0.2, 0) is 4.79 Å². The van der Waals surface area contributed by atoms with E-state index >= 15 is 0 Å². The Morgan fingerprint density at radius 3 is 3.00 bits per heavy atom. The number of thiophene rings is 1. The lowest BCUT2D eigenvalue weighted by molar-refractivity contribution is -0.119. The standard InChI is InChI=1S/C12H15ClN4OS/c1-3-4-14-9(18)6-15-10-8-5-7(2)19-11(8)17-12(13)16-10/h5H,3-4,6H2,1-2H3,(H,14,18)(H,15,16,17). The highest BCUT2D eigenvalue weighted by Crippen LogP contribution is 2.29. The van der Waals surface area contributed by atoms with E-state index in [0.29, 0.717) is 12.4 Å². The summed E-state index contributed by atoms with van der Waals surface area (Å²) in [7, 11) is 0. The minimum Gasteiger partial charge on any atom is -0.360 e. The van der Waals surface area contributed by atoms with Gasteiger partial charge < -0.3 is 10.6 Å². The van der Waals surface area contributed by atoms with Gasteiger partial charge in [0.05, 0.1) is 11.9 Å². The number of nitrogens with one attached hydrogen (secondary N) is 2. The number of nitrogens with zero attached hydrogens (tertiary/aromatic N) is 2. The maximum atomic E-state index is 11.6. The van der Waals surface area contributed by atoms with Gasteiger partial charge in [-0.25, -0.2) is 9.97 Å². The highest BCUT2D eigenvalue weighted by Gasteiger charge is 2.10. The first kappa shape index (κ1) is 14.0. The number of carbonyl (C=O) groups excluding carboxylic acids is 1. The van der Waals surface area contributed by atoms with Gasteiger partial charge in [-0.05, 0) is 31.0 Å². The van der Waals surface area contributed by atoms with Crippen molar-refractivity contribution in [3.05, 3.63) is 16.2 Å². The fourth-order valence-electron chi connectivity index (χ4n) is 1.64. The zero-order valence-corrected chi connectivity index (χ0v) is 12.4. The molecule has 0 fully saturated rings. The second-order valence-electron chi connectivity index (χ2n) is 4.12. The summed E-state index contributed by atoms with van der Waals surface area (Å²) in [5, 5.41) is 6.89. The fourth-order valence-corrected chi connectivity index (χ4v) is 2.74. The molecule has 0 aliphatic carbocycles. The molecule has 2 heterocycles. The number of hydrogen-bond acceptors (Lipinski definition) is 5. The molecule has 0 aliphatic rings. The molecule has 0 saturated heterocycles. The molecular weight excluding hydrogens is 284 g/mol. The van der Waals surface area contributed by atoms with E-state index in [1.165, 1.54) is 0 Å². The van der Waals surface area contributed by atoms with E-state index in [-0.39, 0.29) is 17.7 Å². The van der Waals surface area contributed by atoms with Crippen molar-refractivity contribution in [2.45, 2.75) is 20.3 Å². The van der Waals surface area contributed by atoms with E-state index in [9.17, 15) is 4.79 Å². The summed E-state index contributed by atoms with van der Waals surface area (Å²) in [6, 6.07) is 1.99. The Morgan fingerprint density at radius 1 is 1.47 bits per heavy atom. The summed E-state index contributed by atoms with van der Waals surface area (Å²) in [6.45, 7) is 4.86. The average Bonchev–Trinajstić information content (AvgIpc) is 2.73. The van der Waals surface area contributed by atoms with Crippen LogP contribution in [0.3, 0.4) is 0 Å². The van der Waals surface area contributed by atoms with Gasteiger partial charge in [0, 0.05) is 11.4 Å². The van der Waals surface area contributed by atoms with Gasteiger partial charge in [-0.15, -0.1) is 11.3 Å². The summed E-state index contributed by atoms with van der Waals surface area (Å²) in [5.41, 5.74) is 0. The number of amides is 1. The van der Waals surface area contributed by atoms with Crippen LogP contribution in [0.25, 0.3) is 10.2 Å². The summed E-state index contributed by atoms with van der Waals surface area (Å²) >= 11 is 7.43. The molecule has 0 spiro atoms. The summed E-state index contributed by atoms with van der Waals surface area (Å²) in [4.78, 5) is 21.8. The first-order valence-electron chi connectivity index (χ1n) is 6.04. The third-order valence-electron chi connectivity index (χ3n) is 2.48. The predicted molar refractivity (Wildman–Crippen MR) is 79.0 cm³/mol. The summed E-state index contributed by atoms with van der Waals surface area (Å²) in [5.74, 6) is 0.544. The van der Waals surface area contributed by atoms with Crippen molar-refractivity contribution in [1.82, 2.24) is 15.3 Å². The number of hydrogen-bond donors (Lipinski definition) is 2. The number of anilines is 1. The topological polar surface area (TPSA) is 66.9 Å². The number of halogens is 1. The zero-order chi connectivity index (χ0) is 13.8. The van der Waals surface area contributed by atoms with E-state index in [0.717, 1.165) is 21.5 Å². The smallest absolute Gasteiger partial charge is 0.239 e. The van der Waals surface area contributed by atoms with Gasteiger partial charge in [0.2, 0.25) is 11.2 Å². The van der Waals surface area contributed by atoms with Gasteiger partial charge in [-0.1, -0.05) is 6.92 Å². The average molecular weight is 299 g/mol. The molecular formula is C12H15ClN4OS. The molecule has 0 bridgehead atoms. The molecule has 1 amide bonds. The number of aryl methyl sites for hydroxylation is 1. The Hall–Kier alpha value is -1.40. The lowest BCUT2D eigenvalue weighted by atomic mass is 10.3. The molecule has 0 unspecified atom stereocenters. The molecule has 5 nitrogen and oxygen atoms in total. The Labute approximate surface area is 120 Å². The minimum atomic E-state index is -0.0586. The van der Waals surface area contributed by atoms with Crippen LogP contribution in [0.1, 0.15) is 18.2 Å². The van der Waals surface area contributed by atoms with Crippen molar-refractivity contribution in [1.29, 1.82) is 0 Å². The molecule has 2 aromatic heterocycles. The lowest BCUT2D eigenvalue weighted by Crippen LogP contribution is -2.30. The maximum Gasteiger partial charge on any atom is 0.239 e. The van der Waals surface area contributed by atoms with Crippen LogP contribution in [0.5, 0.6) is 0 Å². The number of carbonyl (C=O) groups is 1. The van der Waals surface area contributed by atoms with Crippen molar-refractivity contribution in [3.8, 4) is 0 Å². The van der Waals surface area contributed by atoms with Crippen molar-refractivity contribution in [3.63, 3.8) is 0 Å². The summed E-state index contributed by atoms with van der Waals surface area (Å²) in [6.07, 6.45) is 0.916. The second-order valence-corrected chi connectivity index (χ2v) is 5.69. The minimum absolute atomic E-state index is 0.0586. The lowest BCUT2D eigenvalue weighted by Gasteiger charge is -2.07. The Bertz CT molecular complexity index is 599. The molecule has 2 N–H and O–H groups in total. The van der Waals surface area contributed by atoms with Gasteiger partial charge in [-0.2, -0.15) is 0 Å². The van der Waals surface area contributed by atoms with Crippen molar-refractivity contribution in [2.24, 2.45) is 0 Å². The maximum absolute atomic E-state index is 11.6. The highest BCUT2D eigenvalue weighted by atomic mass is 35.5. The van der Waals surface area contributed by atoms with Crippen LogP contribution in [0, 0.1) is 6.92 Å². The van der Waals surface area contributed by atoms with Crippen molar-refractivity contribution >= 4 is 44.9 Å². The largest absolute Gasteiger partial charge is 0.360 e. The van der Waals surface area contributed by atoms with E-state index in [1.54, 1.807) is 11.3 Å². The van der Waals surface area contributed by atoms with Gasteiger partial charge in [0.1, 0.15) is 10.6 Å². The molecule has 0 atom stereocenters. The predicted octanol–water partition coefficient (Wildman–Crippen LogP) is 2.59. The van der Waals surface area contributed by atoms with Crippen LogP contribution in [0.15, 0.2) is 6.07 Å². The Balaban J connectivity index is 2.13. The van der Waals surface area contributed by atoms with Crippen LogP contribution < -0.4 is 10.6 Å². The monoisotopic (exact) mass is 298 g/mol. The quantitative estimate of drug-likeness (QED) is 0.833. The Kier molecular flexibility index (Phi) is 4.55. The number of aromatic nitrogens is 2. The third kappa shape index (κ3) is 3.54. The van der Waals surface area contributed by atoms with Crippen molar-refractivity contribution < 1.29 is 4.79 Å². The van der Waals surface area contributed by atoms with Crippen LogP contribution in [0.2, 0.25) is 5.28 Å². The molecule has 19 heavy (non-hydrogen) atoms. The van der Waals surface area contributed by atoms with Gasteiger partial charge in [-0.3, -0.25) is 4.79 Å². The van der Waals surface area contributed by atoms with E-state index in [1.807, 2.05) is 19.9 Å². The molecule has 102 valence electrons. The van der Waals surface area contributed by atoms with Crippen LogP contribution in [-0.4, -0.2) is 29.0 Å². The second kappa shape index (κ2) is 6.16. The molecule has 0 saturated carbocycles. The molecule has 7 heteroatoms. The van der Waals surface area contributed by atoms with Gasteiger partial charge >= 0.3 is 0 Å². The van der Waals surface area contributed by atoms with Crippen molar-refractivity contribution in [2.75, 3.05) is 18.4 Å². The van der Waals surface area contributed by atoms with Crippen LogP contribution in [0.4, 0.5) is 5.82 Å². The van der Waals surface area contributed by atoms with Crippen LogP contribution >= 0.6 is 22.9 Å². The fraction of sp³-hybridized carbons (Fsp3) is 0.417. The van der Waals surface area contributed by atoms with E-state index in [2.05, 4.69) is 20.6 Å². The van der Waals surface area contributed by atoms with E-state index < -0.39 is 0 Å². The first-order chi connectivity index (χ1) is 9.10. The SMILES string of the molecule is CCCNC(=O)CNc1nc(Cl)nc2sc(C)cc12. The first-order valence-corrected chi connectivity index (χ1v) is 7.24. The van der Waals surface area contributed by atoms with E-state index in [4.69, 9.17) is 11.6 Å². The molecule has 0 aromatic carbocycles.